The fourth-order valence-corrected chi connectivity index (χ4v) is 1.16. The molecule has 0 aliphatic rings. The molecule has 0 rings (SSSR count). The zero-order valence-corrected chi connectivity index (χ0v) is 8.63. The Morgan fingerprint density at radius 1 is 0.786 bits per heavy atom. The Bertz CT molecular complexity index is 192. The predicted octanol–water partition coefficient (Wildman–Crippen LogP) is 2.84. The van der Waals surface area contributed by atoms with Gasteiger partial charge in [0.05, 0.1) is 0 Å². The summed E-state index contributed by atoms with van der Waals surface area (Å²) in [5.74, 6) is 0.208. The van der Waals surface area contributed by atoms with Gasteiger partial charge in [-0.2, -0.15) is 0 Å². The molecule has 0 spiro atoms. The molecule has 0 atom stereocenters. The van der Waals surface area contributed by atoms with Gasteiger partial charge in [-0.25, -0.2) is 0 Å². The topological polar surface area (TPSA) is 34.1 Å². The van der Waals surface area contributed by atoms with Crippen LogP contribution in [-0.4, -0.2) is 11.6 Å². The van der Waals surface area contributed by atoms with E-state index in [2.05, 4.69) is 13.2 Å². The van der Waals surface area contributed by atoms with E-state index >= 15 is 0 Å². The summed E-state index contributed by atoms with van der Waals surface area (Å²) in [7, 11) is 0. The van der Waals surface area contributed by atoms with Crippen LogP contribution in [0.15, 0.2) is 25.3 Å². The largest absolute Gasteiger partial charge is 0.295 e. The molecule has 0 aromatic heterocycles. The Balaban J connectivity index is 3.21. The third kappa shape index (κ3) is 7.47. The Labute approximate surface area is 85.7 Å². The van der Waals surface area contributed by atoms with E-state index in [1.54, 1.807) is 0 Å². The first kappa shape index (κ1) is 12.8. The number of carbonyl (C=O) groups excluding carboxylic acids is 2. The van der Waals surface area contributed by atoms with E-state index in [1.165, 1.54) is 12.2 Å². The monoisotopic (exact) mass is 194 g/mol. The number of carbonyl (C=O) groups is 2. The maximum absolute atomic E-state index is 10.8. The summed E-state index contributed by atoms with van der Waals surface area (Å²) < 4.78 is 0. The van der Waals surface area contributed by atoms with Gasteiger partial charge >= 0.3 is 0 Å². The van der Waals surface area contributed by atoms with Gasteiger partial charge in [0.25, 0.3) is 0 Å². The Kier molecular flexibility index (Phi) is 7.71. The van der Waals surface area contributed by atoms with E-state index in [4.69, 9.17) is 0 Å². The van der Waals surface area contributed by atoms with Crippen LogP contribution < -0.4 is 0 Å². The lowest BCUT2D eigenvalue weighted by molar-refractivity contribution is -0.115. The molecule has 0 aliphatic carbocycles. The summed E-state index contributed by atoms with van der Waals surface area (Å²) in [6.07, 6.45) is 7.69. The number of hydrogen-bond donors (Lipinski definition) is 0. The zero-order chi connectivity index (χ0) is 10.8. The molecule has 2 heteroatoms. The number of unbranched alkanes of at least 4 members (excludes halogenated alkanes) is 3. The Morgan fingerprint density at radius 3 is 1.43 bits per heavy atom. The van der Waals surface area contributed by atoms with Crippen molar-refractivity contribution in [2.24, 2.45) is 0 Å². The fourth-order valence-electron chi connectivity index (χ4n) is 1.16. The highest BCUT2D eigenvalue weighted by molar-refractivity contribution is 5.89. The van der Waals surface area contributed by atoms with Crippen LogP contribution in [0.1, 0.15) is 38.5 Å². The van der Waals surface area contributed by atoms with Crippen molar-refractivity contribution in [2.45, 2.75) is 38.5 Å². The second-order valence-electron chi connectivity index (χ2n) is 3.26. The maximum atomic E-state index is 10.8. The first-order chi connectivity index (χ1) is 6.70. The highest BCUT2D eigenvalue weighted by Gasteiger charge is 1.97. The van der Waals surface area contributed by atoms with Gasteiger partial charge in [0.2, 0.25) is 0 Å². The molecule has 0 bridgehead atoms. The molecule has 0 amide bonds. The van der Waals surface area contributed by atoms with Crippen LogP contribution in [0.3, 0.4) is 0 Å². The second kappa shape index (κ2) is 8.42. The molecule has 0 aromatic rings. The van der Waals surface area contributed by atoms with Crippen molar-refractivity contribution in [3.63, 3.8) is 0 Å². The molecule has 2 nitrogen and oxygen atoms in total. The normalized spacial score (nSPS) is 9.43. The highest BCUT2D eigenvalue weighted by Crippen LogP contribution is 2.06. The lowest BCUT2D eigenvalue weighted by Crippen LogP contribution is -1.93. The van der Waals surface area contributed by atoms with Gasteiger partial charge in [-0.1, -0.05) is 26.0 Å². The lowest BCUT2D eigenvalue weighted by atomic mass is 10.1. The summed E-state index contributed by atoms with van der Waals surface area (Å²) in [6.45, 7) is 6.81. The van der Waals surface area contributed by atoms with E-state index in [-0.39, 0.29) is 11.6 Å². The van der Waals surface area contributed by atoms with E-state index < -0.39 is 0 Å². The zero-order valence-electron chi connectivity index (χ0n) is 8.63. The van der Waals surface area contributed by atoms with Crippen molar-refractivity contribution in [1.29, 1.82) is 0 Å². The first-order valence-electron chi connectivity index (χ1n) is 5.01. The van der Waals surface area contributed by atoms with Crippen LogP contribution in [-0.2, 0) is 9.59 Å². The molecule has 78 valence electrons. The van der Waals surface area contributed by atoms with Crippen molar-refractivity contribution in [1.82, 2.24) is 0 Å². The average Bonchev–Trinajstić information content (AvgIpc) is 2.22. The molecule has 14 heavy (non-hydrogen) atoms. The van der Waals surface area contributed by atoms with E-state index in [9.17, 15) is 9.59 Å². The minimum atomic E-state index is 0.104. The lowest BCUT2D eigenvalue weighted by Gasteiger charge is -1.98. The third-order valence-corrected chi connectivity index (χ3v) is 2.05. The number of hydrogen-bond acceptors (Lipinski definition) is 2. The van der Waals surface area contributed by atoms with Crippen molar-refractivity contribution in [3.8, 4) is 0 Å². The van der Waals surface area contributed by atoms with Gasteiger partial charge in [0.15, 0.2) is 11.6 Å². The van der Waals surface area contributed by atoms with Gasteiger partial charge in [-0.15, -0.1) is 0 Å². The standard InChI is InChI=1S/C12H18O2/c1-3-11(13)9-7-5-6-8-10-12(14)4-2/h3-4H,1-2,5-10H2. The number of rotatable bonds is 9. The van der Waals surface area contributed by atoms with Crippen molar-refractivity contribution in [2.75, 3.05) is 0 Å². The average molecular weight is 194 g/mol. The molecule has 0 saturated heterocycles. The van der Waals surface area contributed by atoms with Gasteiger partial charge in [-0.3, -0.25) is 9.59 Å². The maximum Gasteiger partial charge on any atom is 0.155 e. The van der Waals surface area contributed by atoms with E-state index in [0.717, 1.165) is 25.7 Å². The quantitative estimate of drug-likeness (QED) is 0.418. The van der Waals surface area contributed by atoms with Gasteiger partial charge < -0.3 is 0 Å². The molecule has 0 unspecified atom stereocenters. The Morgan fingerprint density at radius 2 is 1.14 bits per heavy atom. The van der Waals surface area contributed by atoms with Crippen LogP contribution in [0.25, 0.3) is 0 Å². The molecule has 0 saturated carbocycles. The molecule has 0 aliphatic heterocycles. The summed E-state index contributed by atoms with van der Waals surface area (Å²) in [5.41, 5.74) is 0. The summed E-state index contributed by atoms with van der Waals surface area (Å²) in [5, 5.41) is 0. The van der Waals surface area contributed by atoms with Gasteiger partial charge in [-0.05, 0) is 25.0 Å². The third-order valence-electron chi connectivity index (χ3n) is 2.05. The van der Waals surface area contributed by atoms with Crippen LogP contribution in [0.5, 0.6) is 0 Å². The molecule has 0 aromatic carbocycles. The van der Waals surface area contributed by atoms with Crippen molar-refractivity contribution in [3.05, 3.63) is 25.3 Å². The highest BCUT2D eigenvalue weighted by atomic mass is 16.1. The summed E-state index contributed by atoms with van der Waals surface area (Å²) in [6, 6.07) is 0. The molecular formula is C12H18O2. The molecule has 0 heterocycles. The van der Waals surface area contributed by atoms with Crippen LogP contribution in [0, 0.1) is 0 Å². The van der Waals surface area contributed by atoms with Gasteiger partial charge in [0, 0.05) is 12.8 Å². The summed E-state index contributed by atoms with van der Waals surface area (Å²) >= 11 is 0. The predicted molar refractivity (Wildman–Crippen MR) is 58.1 cm³/mol. The number of allylic oxidation sites excluding steroid dienone is 2. The molecule has 0 fully saturated rings. The van der Waals surface area contributed by atoms with Crippen molar-refractivity contribution < 1.29 is 9.59 Å². The van der Waals surface area contributed by atoms with E-state index in [1.807, 2.05) is 0 Å². The van der Waals surface area contributed by atoms with Crippen LogP contribution >= 0.6 is 0 Å². The summed E-state index contributed by atoms with van der Waals surface area (Å²) in [4.78, 5) is 21.6. The molecular weight excluding hydrogens is 176 g/mol. The minimum Gasteiger partial charge on any atom is -0.295 e. The SMILES string of the molecule is C=CC(=O)CCCCCCC(=O)C=C. The fraction of sp³-hybridized carbons (Fsp3) is 0.500. The second-order valence-corrected chi connectivity index (χ2v) is 3.26. The van der Waals surface area contributed by atoms with Crippen molar-refractivity contribution >= 4 is 11.6 Å². The molecule has 0 radical (unpaired) electrons. The smallest absolute Gasteiger partial charge is 0.155 e. The van der Waals surface area contributed by atoms with Gasteiger partial charge in [0.1, 0.15) is 0 Å². The minimum absolute atomic E-state index is 0.104. The first-order valence-corrected chi connectivity index (χ1v) is 5.01. The molecule has 0 N–H and O–H groups in total. The van der Waals surface area contributed by atoms with Crippen LogP contribution in [0.4, 0.5) is 0 Å². The Hall–Kier alpha value is -1.18. The van der Waals surface area contributed by atoms with E-state index in [0.29, 0.717) is 12.8 Å². The van der Waals surface area contributed by atoms with Crippen LogP contribution in [0.2, 0.25) is 0 Å². The number of ketones is 2.